The summed E-state index contributed by atoms with van der Waals surface area (Å²) in [6.45, 7) is -3.93. The normalized spacial score (nSPS) is 28.0. The first kappa shape index (κ1) is 23.0. The topological polar surface area (TPSA) is 103 Å². The highest BCUT2D eigenvalue weighted by Gasteiger charge is 2.52. The van der Waals surface area contributed by atoms with Crippen LogP contribution in [0.3, 0.4) is 0 Å². The minimum atomic E-state index is -3.05. The third kappa shape index (κ3) is 3.69. The number of carbonyl (C=O) groups excluding carboxylic acids is 1. The summed E-state index contributed by atoms with van der Waals surface area (Å²) in [4.78, 5) is 22.2. The zero-order chi connectivity index (χ0) is 29.8. The van der Waals surface area contributed by atoms with E-state index in [1.807, 2.05) is 10.6 Å². The molecule has 2 aliphatic carbocycles. The van der Waals surface area contributed by atoms with Crippen molar-refractivity contribution >= 4 is 16.8 Å². The molecule has 2 bridgehead atoms. The van der Waals surface area contributed by atoms with Crippen molar-refractivity contribution in [3.63, 3.8) is 0 Å². The molecule has 40 heavy (non-hydrogen) atoms. The average Bonchev–Trinajstić information content (AvgIpc) is 3.38. The second kappa shape index (κ2) is 8.62. The van der Waals surface area contributed by atoms with Crippen LogP contribution in [0.25, 0.3) is 22.2 Å². The van der Waals surface area contributed by atoms with Gasteiger partial charge in [-0.05, 0) is 54.5 Å². The third-order valence-electron chi connectivity index (χ3n) is 8.58. The van der Waals surface area contributed by atoms with Crippen LogP contribution in [0.2, 0.25) is 0 Å². The van der Waals surface area contributed by atoms with Crippen molar-refractivity contribution in [1.29, 1.82) is 0 Å². The van der Waals surface area contributed by atoms with Crippen LogP contribution in [0.15, 0.2) is 48.7 Å². The minimum absolute atomic E-state index is 0.0113. The molecule has 206 valence electrons. The van der Waals surface area contributed by atoms with Gasteiger partial charge >= 0.3 is 6.61 Å². The average molecular weight is 551 g/mol. The Balaban J connectivity index is 1.28. The van der Waals surface area contributed by atoms with Gasteiger partial charge in [0.25, 0.3) is 0 Å². The van der Waals surface area contributed by atoms with Crippen LogP contribution >= 0.6 is 0 Å². The summed E-state index contributed by atoms with van der Waals surface area (Å²) in [5.41, 5.74) is 7.36. The van der Waals surface area contributed by atoms with Gasteiger partial charge in [0.1, 0.15) is 17.4 Å². The smallest absolute Gasteiger partial charge is 0.387 e. The first-order valence-corrected chi connectivity index (χ1v) is 13.1. The highest BCUT2D eigenvalue weighted by Crippen LogP contribution is 2.53. The molecule has 3 N–H and O–H groups in total. The Bertz CT molecular complexity index is 1780. The Hall–Kier alpha value is -3.76. The van der Waals surface area contributed by atoms with E-state index in [4.69, 9.17) is 18.2 Å². The van der Waals surface area contributed by atoms with Crippen molar-refractivity contribution in [2.45, 2.75) is 56.7 Å². The fourth-order valence-electron chi connectivity index (χ4n) is 7.02. The molecule has 2 atom stereocenters. The monoisotopic (exact) mass is 550 g/mol. The number of carbonyl (C=O) groups is 1. The number of alkyl halides is 2. The Labute approximate surface area is 230 Å². The lowest BCUT2D eigenvalue weighted by Crippen LogP contribution is -2.56. The lowest BCUT2D eigenvalue weighted by molar-refractivity contribution is -0.0507. The second-order valence-corrected chi connectivity index (χ2v) is 11.5. The minimum Gasteiger partial charge on any atom is -0.434 e. The third-order valence-corrected chi connectivity index (χ3v) is 8.58. The maximum absolute atomic E-state index is 15.4. The molecule has 0 spiro atoms. The van der Waals surface area contributed by atoms with Gasteiger partial charge in [0.05, 0.1) is 31.0 Å². The number of aliphatic hydroxyl groups is 1. The van der Waals surface area contributed by atoms with Gasteiger partial charge in [-0.1, -0.05) is 25.1 Å². The number of ketones is 1. The van der Waals surface area contributed by atoms with Crippen molar-refractivity contribution in [2.75, 3.05) is 6.56 Å². The van der Waals surface area contributed by atoms with Gasteiger partial charge in [-0.25, -0.2) is 9.37 Å². The number of Topliss-reactive ketones (excluding diaryl/α,β-unsaturated/α-hetero) is 1. The molecule has 0 saturated heterocycles. The van der Waals surface area contributed by atoms with Crippen LogP contribution in [0.1, 0.15) is 74.7 Å². The van der Waals surface area contributed by atoms with Crippen molar-refractivity contribution in [3.8, 4) is 16.9 Å². The number of nitrogens with two attached hydrogens (primary N) is 1. The Morgan fingerprint density at radius 1 is 1.25 bits per heavy atom. The number of nitrogens with zero attached hydrogens (tertiary/aromatic N) is 3. The predicted octanol–water partition coefficient (Wildman–Crippen LogP) is 5.45. The van der Waals surface area contributed by atoms with E-state index < -0.39 is 36.0 Å². The van der Waals surface area contributed by atoms with Crippen LogP contribution in [0.4, 0.5) is 13.2 Å². The molecule has 4 aromatic rings. The highest BCUT2D eigenvalue weighted by molar-refractivity contribution is 6.00. The van der Waals surface area contributed by atoms with Crippen LogP contribution in [-0.2, 0) is 5.54 Å². The summed E-state index contributed by atoms with van der Waals surface area (Å²) in [6, 6.07) is 10.9. The predicted molar refractivity (Wildman–Crippen MR) is 141 cm³/mol. The molecule has 10 heteroatoms. The van der Waals surface area contributed by atoms with E-state index >= 15 is 4.39 Å². The van der Waals surface area contributed by atoms with E-state index in [9.17, 15) is 18.7 Å². The van der Waals surface area contributed by atoms with Crippen LogP contribution in [-0.4, -0.2) is 38.6 Å². The van der Waals surface area contributed by atoms with E-state index in [0.717, 1.165) is 0 Å². The second-order valence-electron chi connectivity index (χ2n) is 11.5. The molecular formula is C30H27F3N4O3. The van der Waals surface area contributed by atoms with Gasteiger partial charge in [-0.2, -0.15) is 8.78 Å². The number of hydrogen-bond acceptors (Lipinski definition) is 6. The summed E-state index contributed by atoms with van der Waals surface area (Å²) in [5.74, 6) is -0.312. The van der Waals surface area contributed by atoms with Crippen LogP contribution < -0.4 is 10.5 Å². The fourth-order valence-corrected chi connectivity index (χ4v) is 7.02. The number of rotatable bonds is 5. The van der Waals surface area contributed by atoms with Crippen LogP contribution in [0, 0.1) is 11.2 Å². The number of ether oxygens (including phenoxy) is 1. The maximum atomic E-state index is 15.4. The summed E-state index contributed by atoms with van der Waals surface area (Å²) in [6.07, 6.45) is 2.28. The van der Waals surface area contributed by atoms with Gasteiger partial charge in [-0.15, -0.1) is 0 Å². The Kier molecular flexibility index (Phi) is 4.95. The number of halogens is 3. The molecule has 1 saturated carbocycles. The molecule has 2 aromatic heterocycles. The molecule has 1 aliphatic heterocycles. The first-order chi connectivity index (χ1) is 19.8. The largest absolute Gasteiger partial charge is 0.434 e. The molecule has 7 rings (SSSR count). The molecule has 0 radical (unpaired) electrons. The van der Waals surface area contributed by atoms with E-state index in [-0.39, 0.29) is 42.4 Å². The Morgan fingerprint density at radius 2 is 2.05 bits per heavy atom. The lowest BCUT2D eigenvalue weighted by atomic mass is 9.57. The van der Waals surface area contributed by atoms with Crippen LogP contribution in [0.5, 0.6) is 5.75 Å². The molecule has 3 aliphatic rings. The number of pyridine rings is 1. The number of fused-ring (bicyclic) bond motifs is 9. The summed E-state index contributed by atoms with van der Waals surface area (Å²) in [7, 11) is 0. The fraction of sp³-hybridized carbons (Fsp3) is 0.367. The van der Waals surface area contributed by atoms with Crippen molar-refractivity contribution < 1.29 is 30.6 Å². The Morgan fingerprint density at radius 3 is 2.77 bits per heavy atom. The summed E-state index contributed by atoms with van der Waals surface area (Å²) < 4.78 is 64.2. The number of aromatic nitrogens is 3. The zero-order valence-corrected chi connectivity index (χ0v) is 21.5. The molecule has 7 nitrogen and oxygen atoms in total. The lowest BCUT2D eigenvalue weighted by Gasteiger charge is -2.51. The van der Waals surface area contributed by atoms with E-state index in [1.165, 1.54) is 18.3 Å². The van der Waals surface area contributed by atoms with Gasteiger partial charge in [0, 0.05) is 41.8 Å². The van der Waals surface area contributed by atoms with Crippen molar-refractivity contribution in [3.05, 3.63) is 77.1 Å². The van der Waals surface area contributed by atoms with Gasteiger partial charge in [0.2, 0.25) is 0 Å². The standard InChI is InChI=1S/C30H27F3N4O3/c1-29(14-38)12-30(34,13-29)26-19(31)7-17(11-35-26)15-5-6-20-21(8-15)37-22-9-16(27(37)36-20)10-23(39)18-3-2-4-24(25(18)22)40-28(32)33/h2-8,11,16,22,28,38H,9-10,12-14,34H2,1H3/t16-,22+,29?,30?/m1/s1/i14D2. The summed E-state index contributed by atoms with van der Waals surface area (Å²) in [5, 5.41) is 9.87. The number of imidazole rings is 1. The molecule has 1 fully saturated rings. The molecular weight excluding hydrogens is 521 g/mol. The molecule has 2 aromatic carbocycles. The molecule has 3 heterocycles. The number of benzene rings is 2. The van der Waals surface area contributed by atoms with E-state index in [0.29, 0.717) is 45.5 Å². The van der Waals surface area contributed by atoms with Crippen molar-refractivity contribution in [2.24, 2.45) is 11.1 Å². The van der Waals surface area contributed by atoms with E-state index in [2.05, 4.69) is 4.98 Å². The van der Waals surface area contributed by atoms with Gasteiger partial charge in [-0.3, -0.25) is 9.78 Å². The SMILES string of the molecule is [2H]C([2H])(O)C1(C)CC(N)(c2ncc(-c3ccc4nc5n(c4c3)[C@H]3C[C@@H]5CC(=O)c4cccc(OC(F)F)c43)cc2F)C1. The zero-order valence-electron chi connectivity index (χ0n) is 23.5. The molecule has 0 unspecified atom stereocenters. The van der Waals surface area contributed by atoms with E-state index in [1.54, 1.807) is 31.2 Å². The maximum Gasteiger partial charge on any atom is 0.387 e. The van der Waals surface area contributed by atoms with Gasteiger partial charge in [0.15, 0.2) is 5.78 Å². The highest BCUT2D eigenvalue weighted by atomic mass is 19.3. The number of hydrogen-bond donors (Lipinski definition) is 2. The quantitative estimate of drug-likeness (QED) is 0.343. The summed E-state index contributed by atoms with van der Waals surface area (Å²) >= 11 is 0. The first-order valence-electron chi connectivity index (χ1n) is 14.1. The molecule has 0 amide bonds. The van der Waals surface area contributed by atoms with Gasteiger partial charge < -0.3 is 20.1 Å². The van der Waals surface area contributed by atoms with Crippen molar-refractivity contribution in [1.82, 2.24) is 14.5 Å².